The molecule has 1 aromatic rings. The molecule has 0 bridgehead atoms. The Morgan fingerprint density at radius 1 is 1.03 bits per heavy atom. The van der Waals surface area contributed by atoms with Gasteiger partial charge in [0.05, 0.1) is 25.6 Å². The maximum Gasteiger partial charge on any atom is 0.211 e. The van der Waals surface area contributed by atoms with Crippen LogP contribution < -0.4 is 19.9 Å². The number of unbranched alkanes of at least 4 members (excludes halogenated alkanes) is 1. The van der Waals surface area contributed by atoms with Gasteiger partial charge in [0.15, 0.2) is 11.5 Å². The fourth-order valence-electron chi connectivity index (χ4n) is 4.03. The Hall–Kier alpha value is -1.39. The summed E-state index contributed by atoms with van der Waals surface area (Å²) in [6.07, 6.45) is 3.67. The molecule has 0 radical (unpaired) electrons. The maximum absolute atomic E-state index is 12.3. The molecule has 0 aliphatic heterocycles. The van der Waals surface area contributed by atoms with Crippen molar-refractivity contribution in [3.63, 3.8) is 0 Å². The average Bonchev–Trinajstić information content (AvgIpc) is 2.82. The number of rotatable bonds is 20. The van der Waals surface area contributed by atoms with Crippen molar-refractivity contribution >= 4 is 10.0 Å². The minimum Gasteiger partial charge on any atom is -0.493 e. The molecule has 0 saturated carbocycles. The Morgan fingerprint density at radius 2 is 1.75 bits per heavy atom. The zero-order chi connectivity index (χ0) is 27.1. The first-order chi connectivity index (χ1) is 17.0. The quantitative estimate of drug-likeness (QED) is 0.220. The molecule has 4 N–H and O–H groups in total. The normalized spacial score (nSPS) is 14.7. The van der Waals surface area contributed by atoms with E-state index in [-0.39, 0.29) is 18.2 Å². The van der Waals surface area contributed by atoms with Crippen LogP contribution in [0.2, 0.25) is 0 Å². The predicted octanol–water partition coefficient (Wildman–Crippen LogP) is 3.75. The molecule has 1 aromatic carbocycles. The molecule has 0 heterocycles. The second kappa shape index (κ2) is 17.2. The van der Waals surface area contributed by atoms with Crippen LogP contribution in [0.3, 0.4) is 0 Å². The Balaban J connectivity index is 2.67. The summed E-state index contributed by atoms with van der Waals surface area (Å²) in [5.41, 5.74) is 7.42. The summed E-state index contributed by atoms with van der Waals surface area (Å²) < 4.78 is 43.5. The number of nitrogens with one attached hydrogen (secondary N) is 1. The number of hydrogen-bond acceptors (Lipinski definition) is 7. The van der Waals surface area contributed by atoms with E-state index in [1.165, 1.54) is 0 Å². The topological polar surface area (TPSA) is 120 Å². The fraction of sp³-hybridized carbons (Fsp3) is 0.778. The van der Waals surface area contributed by atoms with Crippen molar-refractivity contribution in [2.75, 3.05) is 39.7 Å². The first-order valence-corrected chi connectivity index (χ1v) is 14.8. The van der Waals surface area contributed by atoms with Gasteiger partial charge in [0.25, 0.3) is 0 Å². The molecular weight excluding hydrogens is 480 g/mol. The smallest absolute Gasteiger partial charge is 0.211 e. The van der Waals surface area contributed by atoms with E-state index in [0.717, 1.165) is 31.2 Å². The highest BCUT2D eigenvalue weighted by Crippen LogP contribution is 2.31. The van der Waals surface area contributed by atoms with E-state index < -0.39 is 22.2 Å². The van der Waals surface area contributed by atoms with Crippen molar-refractivity contribution in [3.05, 3.63) is 23.8 Å². The molecule has 0 aliphatic rings. The average molecular weight is 531 g/mol. The summed E-state index contributed by atoms with van der Waals surface area (Å²) in [5.74, 6) is 2.55. The molecule has 9 heteroatoms. The monoisotopic (exact) mass is 530 g/mol. The fourth-order valence-corrected chi connectivity index (χ4v) is 5.18. The van der Waals surface area contributed by atoms with Gasteiger partial charge in [-0.3, -0.25) is 0 Å². The molecule has 3 atom stereocenters. The van der Waals surface area contributed by atoms with Gasteiger partial charge in [-0.1, -0.05) is 46.6 Å². The minimum absolute atomic E-state index is 0.0690. The molecule has 8 nitrogen and oxygen atoms in total. The van der Waals surface area contributed by atoms with E-state index in [4.69, 9.17) is 19.9 Å². The van der Waals surface area contributed by atoms with E-state index in [0.29, 0.717) is 49.4 Å². The number of ether oxygens (including phenoxy) is 3. The van der Waals surface area contributed by atoms with Crippen LogP contribution in [0.25, 0.3) is 0 Å². The lowest BCUT2D eigenvalue weighted by molar-refractivity contribution is 0.129. The second-order valence-corrected chi connectivity index (χ2v) is 12.3. The molecule has 0 amide bonds. The summed E-state index contributed by atoms with van der Waals surface area (Å²) in [4.78, 5) is 0. The number of sulfonamides is 1. The third-order valence-corrected chi connectivity index (χ3v) is 7.88. The molecule has 0 aromatic heterocycles. The van der Waals surface area contributed by atoms with Gasteiger partial charge in [-0.05, 0) is 54.7 Å². The number of aliphatic hydroxyl groups is 1. The zero-order valence-electron chi connectivity index (χ0n) is 23.2. The maximum atomic E-state index is 12.3. The molecule has 0 aliphatic carbocycles. The number of methoxy groups -OCH3 is 2. The van der Waals surface area contributed by atoms with E-state index in [2.05, 4.69) is 32.4 Å². The van der Waals surface area contributed by atoms with Crippen LogP contribution in [-0.4, -0.2) is 65.4 Å². The van der Waals surface area contributed by atoms with Gasteiger partial charge >= 0.3 is 0 Å². The lowest BCUT2D eigenvalue weighted by atomic mass is 9.83. The molecule has 210 valence electrons. The Kier molecular flexibility index (Phi) is 15.6. The minimum atomic E-state index is -3.42. The number of hydrogen-bond donors (Lipinski definition) is 3. The Bertz CT molecular complexity index is 832. The van der Waals surface area contributed by atoms with Crippen LogP contribution in [0.15, 0.2) is 18.2 Å². The highest BCUT2D eigenvalue weighted by molar-refractivity contribution is 7.89. The van der Waals surface area contributed by atoms with Gasteiger partial charge in [0.1, 0.15) is 0 Å². The Morgan fingerprint density at radius 3 is 2.36 bits per heavy atom. The van der Waals surface area contributed by atoms with Gasteiger partial charge in [-0.15, -0.1) is 0 Å². The van der Waals surface area contributed by atoms with Crippen LogP contribution in [0.4, 0.5) is 0 Å². The summed E-state index contributed by atoms with van der Waals surface area (Å²) in [5, 5.41) is 10.6. The van der Waals surface area contributed by atoms with Crippen molar-refractivity contribution in [2.24, 2.45) is 23.5 Å². The first kappa shape index (κ1) is 32.6. The lowest BCUT2D eigenvalue weighted by Crippen LogP contribution is -2.45. The summed E-state index contributed by atoms with van der Waals surface area (Å²) in [6.45, 7) is 9.62. The third kappa shape index (κ3) is 13.2. The highest BCUT2D eigenvalue weighted by atomic mass is 32.2. The standard InChI is InChI=1S/C27H50N2O6S/c1-20(2)10-7-8-15-36(31,32)29-19-25(30)24(28)18-23(21(3)4)16-22-11-12-26(34-6)27(17-22)35-14-9-13-33-5/h11-12,17,20-21,23-25,29-30H,7-10,13-16,18-19,28H2,1-6H3/t23-,24-,25-/m0/s1. The third-order valence-electron chi connectivity index (χ3n) is 6.45. The lowest BCUT2D eigenvalue weighted by Gasteiger charge is -2.27. The summed E-state index contributed by atoms with van der Waals surface area (Å²) >= 11 is 0. The van der Waals surface area contributed by atoms with Gasteiger partial charge in [0, 0.05) is 32.7 Å². The van der Waals surface area contributed by atoms with E-state index in [9.17, 15) is 13.5 Å². The molecule has 0 spiro atoms. The van der Waals surface area contributed by atoms with Crippen LogP contribution in [0.5, 0.6) is 11.5 Å². The second-order valence-electron chi connectivity index (χ2n) is 10.4. The van der Waals surface area contributed by atoms with Crippen molar-refractivity contribution in [1.82, 2.24) is 4.72 Å². The van der Waals surface area contributed by atoms with Gasteiger partial charge in [0.2, 0.25) is 10.0 Å². The van der Waals surface area contributed by atoms with E-state index >= 15 is 0 Å². The summed E-state index contributed by atoms with van der Waals surface area (Å²) in [7, 11) is -0.139. The predicted molar refractivity (Wildman–Crippen MR) is 146 cm³/mol. The van der Waals surface area contributed by atoms with Gasteiger partial charge in [-0.25, -0.2) is 13.1 Å². The van der Waals surface area contributed by atoms with Crippen molar-refractivity contribution in [1.29, 1.82) is 0 Å². The van der Waals surface area contributed by atoms with Crippen LogP contribution in [0.1, 0.15) is 65.4 Å². The van der Waals surface area contributed by atoms with Gasteiger partial charge < -0.3 is 25.1 Å². The number of nitrogens with two attached hydrogens (primary N) is 1. The summed E-state index contributed by atoms with van der Waals surface area (Å²) in [6, 6.07) is 5.38. The van der Waals surface area contributed by atoms with Gasteiger partial charge in [-0.2, -0.15) is 0 Å². The molecular formula is C27H50N2O6S. The van der Waals surface area contributed by atoms with E-state index in [1.54, 1.807) is 14.2 Å². The van der Waals surface area contributed by atoms with Crippen LogP contribution >= 0.6 is 0 Å². The molecule has 0 unspecified atom stereocenters. The van der Waals surface area contributed by atoms with Crippen molar-refractivity contribution in [3.8, 4) is 11.5 Å². The highest BCUT2D eigenvalue weighted by Gasteiger charge is 2.24. The Labute approximate surface area is 219 Å². The largest absolute Gasteiger partial charge is 0.493 e. The molecule has 36 heavy (non-hydrogen) atoms. The molecule has 0 saturated heterocycles. The number of aliphatic hydroxyl groups excluding tert-OH is 1. The van der Waals surface area contributed by atoms with Crippen molar-refractivity contribution < 1.29 is 27.7 Å². The van der Waals surface area contributed by atoms with Crippen molar-refractivity contribution in [2.45, 2.75) is 78.4 Å². The number of benzene rings is 1. The van der Waals surface area contributed by atoms with E-state index in [1.807, 2.05) is 18.2 Å². The van der Waals surface area contributed by atoms with Crippen LogP contribution in [-0.2, 0) is 21.2 Å². The van der Waals surface area contributed by atoms with Crippen LogP contribution in [0, 0.1) is 17.8 Å². The first-order valence-electron chi connectivity index (χ1n) is 13.2. The zero-order valence-corrected chi connectivity index (χ0v) is 24.0. The SMILES string of the molecule is COCCCOc1cc(C[C@@H](C[C@H](N)[C@@H](O)CNS(=O)(=O)CCCCC(C)C)C(C)C)ccc1OC. The molecule has 0 fully saturated rings. The molecule has 1 rings (SSSR count).